The fourth-order valence-corrected chi connectivity index (χ4v) is 3.13. The van der Waals surface area contributed by atoms with E-state index in [2.05, 4.69) is 27.0 Å². The Labute approximate surface area is 157 Å². The first-order valence-electron chi connectivity index (χ1n) is 8.97. The van der Waals surface area contributed by atoms with E-state index >= 15 is 0 Å². The number of hydrogen-bond acceptors (Lipinski definition) is 6. The van der Waals surface area contributed by atoms with Gasteiger partial charge in [0.15, 0.2) is 5.82 Å². The van der Waals surface area contributed by atoms with E-state index in [1.165, 1.54) is 0 Å². The van der Waals surface area contributed by atoms with Crippen LogP contribution in [0, 0.1) is 0 Å². The number of amides is 1. The molecule has 1 amide bonds. The van der Waals surface area contributed by atoms with E-state index in [0.717, 1.165) is 29.3 Å². The average Bonchev–Trinajstić information content (AvgIpc) is 3.14. The topological polar surface area (TPSA) is 80.0 Å². The lowest BCUT2D eigenvalue weighted by molar-refractivity contribution is -0.117. The quantitative estimate of drug-likeness (QED) is 0.702. The van der Waals surface area contributed by atoms with E-state index in [9.17, 15) is 4.79 Å². The summed E-state index contributed by atoms with van der Waals surface area (Å²) in [5.74, 6) is 1.39. The summed E-state index contributed by atoms with van der Waals surface area (Å²) in [6, 6.07) is 7.63. The highest BCUT2D eigenvalue weighted by Crippen LogP contribution is 2.22. The van der Waals surface area contributed by atoms with Crippen LogP contribution in [0.25, 0.3) is 11.5 Å². The minimum absolute atomic E-state index is 0.0327. The molecule has 8 heteroatoms. The maximum Gasteiger partial charge on any atom is 0.246 e. The first-order valence-corrected chi connectivity index (χ1v) is 8.97. The largest absolute Gasteiger partial charge is 0.345 e. The van der Waals surface area contributed by atoms with Gasteiger partial charge in [0, 0.05) is 44.3 Å². The summed E-state index contributed by atoms with van der Waals surface area (Å²) in [4.78, 5) is 30.1. The first kappa shape index (κ1) is 17.1. The molecule has 0 aromatic carbocycles. The number of anilines is 2. The van der Waals surface area contributed by atoms with E-state index in [1.807, 2.05) is 42.4 Å². The molecular weight excluding hydrogens is 342 g/mol. The molecule has 3 aromatic rings. The highest BCUT2D eigenvalue weighted by Gasteiger charge is 2.27. The molecule has 0 spiro atoms. The van der Waals surface area contributed by atoms with Crippen LogP contribution >= 0.6 is 0 Å². The number of carbonyl (C=O) groups excluding carboxylic acids is 1. The van der Waals surface area contributed by atoms with Crippen molar-refractivity contribution in [1.29, 1.82) is 0 Å². The molecule has 0 atom stereocenters. The van der Waals surface area contributed by atoms with Crippen molar-refractivity contribution in [3.05, 3.63) is 48.5 Å². The summed E-state index contributed by atoms with van der Waals surface area (Å²) in [5, 5.41) is 4.15. The highest BCUT2D eigenvalue weighted by molar-refractivity contribution is 5.97. The minimum Gasteiger partial charge on any atom is -0.345 e. The first-order chi connectivity index (χ1) is 13.1. The monoisotopic (exact) mass is 363 g/mol. The van der Waals surface area contributed by atoms with Gasteiger partial charge in [-0.1, -0.05) is 13.0 Å². The van der Waals surface area contributed by atoms with Crippen LogP contribution in [0.2, 0.25) is 0 Å². The van der Waals surface area contributed by atoms with Crippen LogP contribution in [0.15, 0.2) is 42.9 Å². The SMILES string of the molecule is CCc1cc(N2CCN(c3cnn(C)c3)C(=O)C2)nc(-c2ccccn2)n1. The molecule has 0 unspecified atom stereocenters. The third-order valence-corrected chi connectivity index (χ3v) is 4.57. The Morgan fingerprint density at radius 3 is 2.74 bits per heavy atom. The molecule has 1 saturated heterocycles. The second-order valence-corrected chi connectivity index (χ2v) is 6.45. The van der Waals surface area contributed by atoms with Crippen molar-refractivity contribution in [2.24, 2.45) is 7.05 Å². The Kier molecular flexibility index (Phi) is 4.53. The van der Waals surface area contributed by atoms with Crippen LogP contribution in [-0.2, 0) is 18.3 Å². The lowest BCUT2D eigenvalue weighted by Crippen LogP contribution is -2.50. The molecular formula is C19H21N7O. The van der Waals surface area contributed by atoms with Gasteiger partial charge < -0.3 is 9.80 Å². The molecule has 4 rings (SSSR count). The van der Waals surface area contributed by atoms with Crippen molar-refractivity contribution < 1.29 is 4.79 Å². The Morgan fingerprint density at radius 1 is 1.19 bits per heavy atom. The van der Waals surface area contributed by atoms with Gasteiger partial charge >= 0.3 is 0 Å². The van der Waals surface area contributed by atoms with Gasteiger partial charge in [0.2, 0.25) is 5.91 Å². The summed E-state index contributed by atoms with van der Waals surface area (Å²) in [7, 11) is 1.84. The molecule has 1 fully saturated rings. The van der Waals surface area contributed by atoms with Gasteiger partial charge in [-0.3, -0.25) is 14.5 Å². The van der Waals surface area contributed by atoms with Crippen LogP contribution in [0.5, 0.6) is 0 Å². The van der Waals surface area contributed by atoms with Crippen molar-refractivity contribution in [1.82, 2.24) is 24.7 Å². The summed E-state index contributed by atoms with van der Waals surface area (Å²) in [6.07, 6.45) is 6.09. The van der Waals surface area contributed by atoms with Crippen LogP contribution in [0.4, 0.5) is 11.5 Å². The van der Waals surface area contributed by atoms with Crippen molar-refractivity contribution in [3.63, 3.8) is 0 Å². The standard InChI is InChI=1S/C19H21N7O/c1-3-14-10-17(23-19(22-14)16-6-4-5-7-20-16)25-8-9-26(18(27)13-25)15-11-21-24(2)12-15/h4-7,10-12H,3,8-9,13H2,1-2H3. The number of aromatic nitrogens is 5. The van der Waals surface area contributed by atoms with Crippen LogP contribution in [0.3, 0.4) is 0 Å². The van der Waals surface area contributed by atoms with E-state index in [0.29, 0.717) is 18.9 Å². The predicted octanol–water partition coefficient (Wildman–Crippen LogP) is 1.69. The molecule has 0 saturated carbocycles. The molecule has 3 aromatic heterocycles. The second kappa shape index (κ2) is 7.14. The predicted molar refractivity (Wildman–Crippen MR) is 102 cm³/mol. The van der Waals surface area contributed by atoms with E-state index in [4.69, 9.17) is 0 Å². The molecule has 138 valence electrons. The van der Waals surface area contributed by atoms with Gasteiger partial charge in [0.1, 0.15) is 11.5 Å². The fraction of sp³-hybridized carbons (Fsp3) is 0.316. The maximum atomic E-state index is 12.7. The van der Waals surface area contributed by atoms with Gasteiger partial charge in [-0.25, -0.2) is 9.97 Å². The molecule has 0 bridgehead atoms. The summed E-state index contributed by atoms with van der Waals surface area (Å²) < 4.78 is 1.70. The van der Waals surface area contributed by atoms with Gasteiger partial charge in [0.25, 0.3) is 0 Å². The highest BCUT2D eigenvalue weighted by atomic mass is 16.2. The van der Waals surface area contributed by atoms with Crippen molar-refractivity contribution >= 4 is 17.4 Å². The maximum absolute atomic E-state index is 12.7. The molecule has 1 aliphatic rings. The Hall–Kier alpha value is -3.29. The smallest absolute Gasteiger partial charge is 0.246 e. The number of rotatable bonds is 4. The third-order valence-electron chi connectivity index (χ3n) is 4.57. The lowest BCUT2D eigenvalue weighted by atomic mass is 10.2. The van der Waals surface area contributed by atoms with Gasteiger partial charge in [-0.05, 0) is 18.6 Å². The van der Waals surface area contributed by atoms with Gasteiger partial charge in [-0.15, -0.1) is 0 Å². The van der Waals surface area contributed by atoms with Crippen molar-refractivity contribution in [2.75, 3.05) is 29.4 Å². The summed E-state index contributed by atoms with van der Waals surface area (Å²) in [6.45, 7) is 3.62. The minimum atomic E-state index is 0.0327. The molecule has 0 aliphatic carbocycles. The number of pyridine rings is 1. The number of piperazine rings is 1. The number of aryl methyl sites for hydroxylation is 2. The zero-order valence-corrected chi connectivity index (χ0v) is 15.4. The Morgan fingerprint density at radius 2 is 2.07 bits per heavy atom. The fourth-order valence-electron chi connectivity index (χ4n) is 3.13. The number of hydrogen-bond donors (Lipinski definition) is 0. The van der Waals surface area contributed by atoms with Crippen LogP contribution < -0.4 is 9.80 Å². The van der Waals surface area contributed by atoms with Gasteiger partial charge in [-0.2, -0.15) is 5.10 Å². The summed E-state index contributed by atoms with van der Waals surface area (Å²) in [5.41, 5.74) is 2.49. The zero-order valence-electron chi connectivity index (χ0n) is 15.4. The lowest BCUT2D eigenvalue weighted by Gasteiger charge is -2.34. The van der Waals surface area contributed by atoms with E-state index < -0.39 is 0 Å². The average molecular weight is 363 g/mol. The van der Waals surface area contributed by atoms with E-state index in [-0.39, 0.29) is 12.5 Å². The normalized spacial score (nSPS) is 14.7. The Bertz CT molecular complexity index is 954. The van der Waals surface area contributed by atoms with Crippen LogP contribution in [0.1, 0.15) is 12.6 Å². The Balaban J connectivity index is 1.59. The van der Waals surface area contributed by atoms with Crippen molar-refractivity contribution in [2.45, 2.75) is 13.3 Å². The van der Waals surface area contributed by atoms with Crippen molar-refractivity contribution in [3.8, 4) is 11.5 Å². The molecule has 8 nitrogen and oxygen atoms in total. The summed E-state index contributed by atoms with van der Waals surface area (Å²) >= 11 is 0. The number of carbonyl (C=O) groups is 1. The van der Waals surface area contributed by atoms with Gasteiger partial charge in [0.05, 0.1) is 18.4 Å². The second-order valence-electron chi connectivity index (χ2n) is 6.45. The molecule has 4 heterocycles. The molecule has 0 radical (unpaired) electrons. The van der Waals surface area contributed by atoms with Crippen LogP contribution in [-0.4, -0.2) is 50.3 Å². The molecule has 1 aliphatic heterocycles. The zero-order chi connectivity index (χ0) is 18.8. The number of nitrogens with zero attached hydrogens (tertiary/aromatic N) is 7. The third kappa shape index (κ3) is 3.51. The molecule has 0 N–H and O–H groups in total. The molecule has 27 heavy (non-hydrogen) atoms. The van der Waals surface area contributed by atoms with E-state index in [1.54, 1.807) is 22.0 Å².